The van der Waals surface area contributed by atoms with Crippen molar-refractivity contribution in [2.45, 2.75) is 38.6 Å². The molecular formula is C15H18N2O. The predicted molar refractivity (Wildman–Crippen MR) is 72.7 cm³/mol. The van der Waals surface area contributed by atoms with Crippen molar-refractivity contribution in [2.24, 2.45) is 5.92 Å². The first-order valence-electron chi connectivity index (χ1n) is 6.72. The Morgan fingerprint density at radius 1 is 1.17 bits per heavy atom. The molecule has 0 unspecified atom stereocenters. The summed E-state index contributed by atoms with van der Waals surface area (Å²) in [5.74, 6) is 0.789. The van der Waals surface area contributed by atoms with Gasteiger partial charge >= 0.3 is 0 Å². The summed E-state index contributed by atoms with van der Waals surface area (Å²) in [6.07, 6.45) is 6.37. The van der Waals surface area contributed by atoms with Crippen molar-refractivity contribution in [3.05, 3.63) is 40.8 Å². The van der Waals surface area contributed by atoms with Crippen LogP contribution < -0.4 is 5.56 Å². The van der Waals surface area contributed by atoms with E-state index < -0.39 is 0 Å². The van der Waals surface area contributed by atoms with Crippen LogP contribution in [0.2, 0.25) is 0 Å². The first kappa shape index (κ1) is 11.5. The maximum atomic E-state index is 12.4. The van der Waals surface area contributed by atoms with Crippen molar-refractivity contribution >= 4 is 10.8 Å². The summed E-state index contributed by atoms with van der Waals surface area (Å²) in [6, 6.07) is 7.98. The Balaban J connectivity index is 2.02. The Bertz CT molecular complexity index is 609. The summed E-state index contributed by atoms with van der Waals surface area (Å²) in [6.45, 7) is 2.28. The molecule has 94 valence electrons. The van der Waals surface area contributed by atoms with Gasteiger partial charge in [-0.05, 0) is 37.7 Å². The zero-order chi connectivity index (χ0) is 12.5. The molecule has 1 aliphatic rings. The van der Waals surface area contributed by atoms with E-state index in [1.165, 1.54) is 12.8 Å². The van der Waals surface area contributed by atoms with Gasteiger partial charge < -0.3 is 0 Å². The summed E-state index contributed by atoms with van der Waals surface area (Å²) in [5.41, 5.74) is 0.0626. The molecule has 0 radical (unpaired) electrons. The van der Waals surface area contributed by atoms with E-state index in [0.29, 0.717) is 6.04 Å². The molecule has 3 nitrogen and oxygen atoms in total. The number of hydrogen-bond donors (Lipinski definition) is 0. The standard InChI is InChI=1S/C15H18N2O/c1-11-6-8-13(9-7-11)17-15(18)14-5-3-2-4-12(14)10-16-17/h2-5,10-11,13H,6-9H2,1H3. The zero-order valence-electron chi connectivity index (χ0n) is 10.7. The summed E-state index contributed by atoms with van der Waals surface area (Å²) in [5, 5.41) is 6.08. The Labute approximate surface area is 106 Å². The lowest BCUT2D eigenvalue weighted by molar-refractivity contribution is 0.268. The molecule has 1 aliphatic carbocycles. The van der Waals surface area contributed by atoms with Crippen molar-refractivity contribution in [1.29, 1.82) is 0 Å². The van der Waals surface area contributed by atoms with Gasteiger partial charge in [0.25, 0.3) is 5.56 Å². The van der Waals surface area contributed by atoms with E-state index in [1.54, 1.807) is 4.68 Å². The molecule has 0 atom stereocenters. The van der Waals surface area contributed by atoms with Gasteiger partial charge in [-0.1, -0.05) is 25.1 Å². The van der Waals surface area contributed by atoms with E-state index in [9.17, 15) is 4.79 Å². The highest BCUT2D eigenvalue weighted by atomic mass is 16.1. The Morgan fingerprint density at radius 2 is 1.89 bits per heavy atom. The fourth-order valence-electron chi connectivity index (χ4n) is 2.85. The molecule has 0 bridgehead atoms. The van der Waals surface area contributed by atoms with Crippen molar-refractivity contribution in [3.8, 4) is 0 Å². The molecule has 0 amide bonds. The summed E-state index contributed by atoms with van der Waals surface area (Å²) in [4.78, 5) is 12.4. The molecule has 1 aromatic carbocycles. The SMILES string of the molecule is CC1CCC(n2ncc3ccccc3c2=O)CC1. The molecule has 1 aromatic heterocycles. The first-order valence-corrected chi connectivity index (χ1v) is 6.72. The lowest BCUT2D eigenvalue weighted by Gasteiger charge is -2.26. The molecule has 3 heteroatoms. The third kappa shape index (κ3) is 1.94. The molecule has 0 saturated heterocycles. The number of rotatable bonds is 1. The van der Waals surface area contributed by atoms with Crippen LogP contribution in [0, 0.1) is 5.92 Å². The van der Waals surface area contributed by atoms with Gasteiger partial charge in [-0.25, -0.2) is 4.68 Å². The summed E-state index contributed by atoms with van der Waals surface area (Å²) >= 11 is 0. The second-order valence-corrected chi connectivity index (χ2v) is 5.40. The van der Waals surface area contributed by atoms with E-state index in [2.05, 4.69) is 12.0 Å². The Hall–Kier alpha value is -1.64. The molecule has 0 N–H and O–H groups in total. The van der Waals surface area contributed by atoms with Crippen molar-refractivity contribution in [1.82, 2.24) is 9.78 Å². The first-order chi connectivity index (χ1) is 8.75. The normalized spacial score (nSPS) is 24.3. The van der Waals surface area contributed by atoms with Crippen LogP contribution in [0.4, 0.5) is 0 Å². The number of hydrogen-bond acceptors (Lipinski definition) is 2. The van der Waals surface area contributed by atoms with Gasteiger partial charge in [-0.3, -0.25) is 4.79 Å². The van der Waals surface area contributed by atoms with Crippen LogP contribution in [0.15, 0.2) is 35.3 Å². The van der Waals surface area contributed by atoms with E-state index in [4.69, 9.17) is 0 Å². The molecule has 2 aromatic rings. The molecular weight excluding hydrogens is 224 g/mol. The fraction of sp³-hybridized carbons (Fsp3) is 0.467. The lowest BCUT2D eigenvalue weighted by atomic mass is 9.87. The van der Waals surface area contributed by atoms with Gasteiger partial charge in [0.05, 0.1) is 17.6 Å². The van der Waals surface area contributed by atoms with Gasteiger partial charge in [-0.2, -0.15) is 5.10 Å². The van der Waals surface area contributed by atoms with Crippen molar-refractivity contribution in [3.63, 3.8) is 0 Å². The maximum absolute atomic E-state index is 12.4. The fourth-order valence-corrected chi connectivity index (χ4v) is 2.85. The highest BCUT2D eigenvalue weighted by Gasteiger charge is 2.21. The summed E-state index contributed by atoms with van der Waals surface area (Å²) < 4.78 is 1.70. The quantitative estimate of drug-likeness (QED) is 0.770. The molecule has 0 aliphatic heterocycles. The third-order valence-corrected chi connectivity index (χ3v) is 4.05. The number of aromatic nitrogens is 2. The highest BCUT2D eigenvalue weighted by Crippen LogP contribution is 2.30. The van der Waals surface area contributed by atoms with Gasteiger partial charge in [0, 0.05) is 5.39 Å². The van der Waals surface area contributed by atoms with E-state index in [1.807, 2.05) is 30.5 Å². The minimum atomic E-state index is 0.0626. The van der Waals surface area contributed by atoms with Crippen LogP contribution in [0.5, 0.6) is 0 Å². The van der Waals surface area contributed by atoms with E-state index in [0.717, 1.165) is 29.5 Å². The van der Waals surface area contributed by atoms with Crippen molar-refractivity contribution in [2.75, 3.05) is 0 Å². The maximum Gasteiger partial charge on any atom is 0.274 e. The number of benzene rings is 1. The van der Waals surface area contributed by atoms with Crippen LogP contribution >= 0.6 is 0 Å². The van der Waals surface area contributed by atoms with Gasteiger partial charge in [-0.15, -0.1) is 0 Å². The monoisotopic (exact) mass is 242 g/mol. The van der Waals surface area contributed by atoms with Crippen LogP contribution in [0.25, 0.3) is 10.8 Å². The Kier molecular flexibility index (Phi) is 2.90. The topological polar surface area (TPSA) is 34.9 Å². The van der Waals surface area contributed by atoms with E-state index in [-0.39, 0.29) is 5.56 Å². The molecule has 3 rings (SSSR count). The molecule has 1 heterocycles. The largest absolute Gasteiger partial charge is 0.274 e. The second-order valence-electron chi connectivity index (χ2n) is 5.40. The smallest absolute Gasteiger partial charge is 0.267 e. The minimum Gasteiger partial charge on any atom is -0.267 e. The minimum absolute atomic E-state index is 0.0626. The average Bonchev–Trinajstić information content (AvgIpc) is 2.41. The van der Waals surface area contributed by atoms with Crippen LogP contribution in [-0.4, -0.2) is 9.78 Å². The highest BCUT2D eigenvalue weighted by molar-refractivity contribution is 5.80. The number of fused-ring (bicyclic) bond motifs is 1. The molecule has 1 saturated carbocycles. The van der Waals surface area contributed by atoms with Gasteiger partial charge in [0.1, 0.15) is 0 Å². The van der Waals surface area contributed by atoms with Crippen LogP contribution in [-0.2, 0) is 0 Å². The molecule has 1 fully saturated rings. The third-order valence-electron chi connectivity index (χ3n) is 4.05. The van der Waals surface area contributed by atoms with E-state index >= 15 is 0 Å². The predicted octanol–water partition coefficient (Wildman–Crippen LogP) is 3.15. The second kappa shape index (κ2) is 4.56. The zero-order valence-corrected chi connectivity index (χ0v) is 10.7. The van der Waals surface area contributed by atoms with Crippen LogP contribution in [0.3, 0.4) is 0 Å². The van der Waals surface area contributed by atoms with Crippen LogP contribution in [0.1, 0.15) is 38.6 Å². The molecule has 18 heavy (non-hydrogen) atoms. The summed E-state index contributed by atoms with van der Waals surface area (Å²) in [7, 11) is 0. The number of nitrogens with zero attached hydrogens (tertiary/aromatic N) is 2. The lowest BCUT2D eigenvalue weighted by Crippen LogP contribution is -2.29. The van der Waals surface area contributed by atoms with Gasteiger partial charge in [0.2, 0.25) is 0 Å². The molecule has 0 spiro atoms. The average molecular weight is 242 g/mol. The van der Waals surface area contributed by atoms with Gasteiger partial charge in [0.15, 0.2) is 0 Å². The van der Waals surface area contributed by atoms with Crippen molar-refractivity contribution < 1.29 is 0 Å². The Morgan fingerprint density at radius 3 is 2.67 bits per heavy atom.